The molecule has 0 bridgehead atoms. The summed E-state index contributed by atoms with van der Waals surface area (Å²) in [6.45, 7) is 8.76. The van der Waals surface area contributed by atoms with Crippen molar-refractivity contribution in [2.75, 3.05) is 20.1 Å². The summed E-state index contributed by atoms with van der Waals surface area (Å²) in [5, 5.41) is 0. The Hall–Kier alpha value is -0.0800. The molecular formula is C9H22N2. The van der Waals surface area contributed by atoms with Crippen LogP contribution in [0.15, 0.2) is 0 Å². The molecule has 0 heterocycles. The fourth-order valence-corrected chi connectivity index (χ4v) is 0.861. The summed E-state index contributed by atoms with van der Waals surface area (Å²) in [7, 11) is 2.13. The second kappa shape index (κ2) is 5.56. The van der Waals surface area contributed by atoms with E-state index in [9.17, 15) is 0 Å². The molecule has 11 heavy (non-hydrogen) atoms. The molecule has 2 N–H and O–H groups in total. The molecule has 1 atom stereocenters. The summed E-state index contributed by atoms with van der Waals surface area (Å²) in [6.07, 6.45) is 1.11. The molecule has 0 radical (unpaired) electrons. The number of rotatable bonds is 5. The predicted molar refractivity (Wildman–Crippen MR) is 50.6 cm³/mol. The Labute approximate surface area is 70.8 Å². The second-order valence-corrected chi connectivity index (χ2v) is 3.59. The fraction of sp³-hybridized carbons (Fsp3) is 1.00. The lowest BCUT2D eigenvalue weighted by Gasteiger charge is -2.19. The maximum Gasteiger partial charge on any atom is 0.00740 e. The van der Waals surface area contributed by atoms with Crippen LogP contribution in [0.5, 0.6) is 0 Å². The van der Waals surface area contributed by atoms with Crippen molar-refractivity contribution in [3.05, 3.63) is 0 Å². The van der Waals surface area contributed by atoms with Gasteiger partial charge in [-0.15, -0.1) is 0 Å². The average molecular weight is 158 g/mol. The number of nitrogens with two attached hydrogens (primary N) is 1. The third kappa shape index (κ3) is 5.22. The van der Waals surface area contributed by atoms with Gasteiger partial charge < -0.3 is 10.6 Å². The molecule has 0 aromatic carbocycles. The van der Waals surface area contributed by atoms with Gasteiger partial charge in [0.05, 0.1) is 0 Å². The first-order valence-electron chi connectivity index (χ1n) is 4.52. The summed E-state index contributed by atoms with van der Waals surface area (Å²) in [5.41, 5.74) is 5.89. The van der Waals surface area contributed by atoms with Gasteiger partial charge in [0, 0.05) is 6.04 Å². The first-order valence-corrected chi connectivity index (χ1v) is 4.52. The lowest BCUT2D eigenvalue weighted by Crippen LogP contribution is -2.31. The van der Waals surface area contributed by atoms with Gasteiger partial charge in [-0.25, -0.2) is 0 Å². The van der Waals surface area contributed by atoms with Crippen molar-refractivity contribution in [3.63, 3.8) is 0 Å². The highest BCUT2D eigenvalue weighted by Gasteiger charge is 2.07. The lowest BCUT2D eigenvalue weighted by molar-refractivity contribution is 0.316. The summed E-state index contributed by atoms with van der Waals surface area (Å²) < 4.78 is 0. The Kier molecular flexibility index (Phi) is 5.51. The standard InChI is InChI=1S/C9H22N2/c1-5-11(4)7-6-9(10)8(2)3/h8-9H,5-7,10H2,1-4H3. The highest BCUT2D eigenvalue weighted by Crippen LogP contribution is 2.02. The normalized spacial score (nSPS) is 14.5. The average Bonchev–Trinajstić information content (AvgIpc) is 1.99. The van der Waals surface area contributed by atoms with Crippen LogP contribution in [-0.2, 0) is 0 Å². The lowest BCUT2D eigenvalue weighted by atomic mass is 10.0. The zero-order valence-corrected chi connectivity index (χ0v) is 8.30. The minimum absolute atomic E-state index is 0.365. The van der Waals surface area contributed by atoms with E-state index < -0.39 is 0 Å². The maximum atomic E-state index is 5.89. The zero-order valence-electron chi connectivity index (χ0n) is 8.30. The van der Waals surface area contributed by atoms with Crippen molar-refractivity contribution in [2.45, 2.75) is 33.2 Å². The van der Waals surface area contributed by atoms with Crippen molar-refractivity contribution >= 4 is 0 Å². The molecule has 0 saturated heterocycles. The SMILES string of the molecule is CCN(C)CCC(N)C(C)C. The van der Waals surface area contributed by atoms with Gasteiger partial charge >= 0.3 is 0 Å². The van der Waals surface area contributed by atoms with Crippen LogP contribution in [0.25, 0.3) is 0 Å². The number of nitrogens with zero attached hydrogens (tertiary/aromatic N) is 1. The topological polar surface area (TPSA) is 29.3 Å². The van der Waals surface area contributed by atoms with Crippen molar-refractivity contribution in [2.24, 2.45) is 11.7 Å². The van der Waals surface area contributed by atoms with Gasteiger partial charge in [0.15, 0.2) is 0 Å². The van der Waals surface area contributed by atoms with Gasteiger partial charge in [0.25, 0.3) is 0 Å². The van der Waals surface area contributed by atoms with Crippen LogP contribution >= 0.6 is 0 Å². The third-order valence-corrected chi connectivity index (χ3v) is 2.24. The summed E-state index contributed by atoms with van der Waals surface area (Å²) in [5.74, 6) is 0.611. The predicted octanol–water partition coefficient (Wildman–Crippen LogP) is 1.31. The Balaban J connectivity index is 3.37. The van der Waals surface area contributed by atoms with Gasteiger partial charge in [-0.05, 0) is 32.5 Å². The molecule has 0 aromatic rings. The van der Waals surface area contributed by atoms with Gasteiger partial charge in [0.1, 0.15) is 0 Å². The second-order valence-electron chi connectivity index (χ2n) is 3.59. The molecular weight excluding hydrogens is 136 g/mol. The highest BCUT2D eigenvalue weighted by molar-refractivity contribution is 4.66. The van der Waals surface area contributed by atoms with Crippen molar-refractivity contribution in [1.29, 1.82) is 0 Å². The van der Waals surface area contributed by atoms with Crippen LogP contribution in [-0.4, -0.2) is 31.1 Å². The molecule has 2 heteroatoms. The molecule has 0 spiro atoms. The quantitative estimate of drug-likeness (QED) is 0.653. The van der Waals surface area contributed by atoms with Crippen LogP contribution in [0.2, 0.25) is 0 Å². The summed E-state index contributed by atoms with van der Waals surface area (Å²) in [4.78, 5) is 2.29. The molecule has 0 aliphatic carbocycles. The van der Waals surface area contributed by atoms with Gasteiger partial charge in [-0.2, -0.15) is 0 Å². The van der Waals surface area contributed by atoms with Gasteiger partial charge in [-0.3, -0.25) is 0 Å². The van der Waals surface area contributed by atoms with Gasteiger partial charge in [0.2, 0.25) is 0 Å². The Morgan fingerprint density at radius 1 is 1.36 bits per heavy atom. The Morgan fingerprint density at radius 2 is 1.91 bits per heavy atom. The fourth-order valence-electron chi connectivity index (χ4n) is 0.861. The van der Waals surface area contributed by atoms with E-state index in [0.29, 0.717) is 12.0 Å². The molecule has 0 aliphatic rings. The first-order chi connectivity index (χ1) is 5.07. The van der Waals surface area contributed by atoms with E-state index in [1.165, 1.54) is 0 Å². The van der Waals surface area contributed by atoms with E-state index in [-0.39, 0.29) is 0 Å². The molecule has 0 aromatic heterocycles. The molecule has 0 saturated carbocycles. The first kappa shape index (κ1) is 10.9. The number of hydrogen-bond acceptors (Lipinski definition) is 2. The van der Waals surface area contributed by atoms with Crippen LogP contribution in [0, 0.1) is 5.92 Å². The Morgan fingerprint density at radius 3 is 2.27 bits per heavy atom. The van der Waals surface area contributed by atoms with Crippen molar-refractivity contribution < 1.29 is 0 Å². The Bertz CT molecular complexity index is 91.6. The molecule has 0 fully saturated rings. The molecule has 1 unspecified atom stereocenters. The van der Waals surface area contributed by atoms with E-state index in [1.54, 1.807) is 0 Å². The van der Waals surface area contributed by atoms with Gasteiger partial charge in [-0.1, -0.05) is 20.8 Å². The minimum Gasteiger partial charge on any atom is -0.327 e. The van der Waals surface area contributed by atoms with Crippen molar-refractivity contribution in [1.82, 2.24) is 4.90 Å². The van der Waals surface area contributed by atoms with Crippen molar-refractivity contribution in [3.8, 4) is 0 Å². The van der Waals surface area contributed by atoms with Crippen LogP contribution in [0.1, 0.15) is 27.2 Å². The summed E-state index contributed by atoms with van der Waals surface area (Å²) in [6, 6.07) is 0.365. The van der Waals surface area contributed by atoms with E-state index in [2.05, 4.69) is 32.7 Å². The monoisotopic (exact) mass is 158 g/mol. The molecule has 0 rings (SSSR count). The number of hydrogen-bond donors (Lipinski definition) is 1. The molecule has 68 valence electrons. The van der Waals surface area contributed by atoms with E-state index in [4.69, 9.17) is 5.73 Å². The zero-order chi connectivity index (χ0) is 8.85. The molecule has 0 amide bonds. The third-order valence-electron chi connectivity index (χ3n) is 2.24. The minimum atomic E-state index is 0.365. The summed E-state index contributed by atoms with van der Waals surface area (Å²) >= 11 is 0. The van der Waals surface area contributed by atoms with E-state index in [1.807, 2.05) is 0 Å². The van der Waals surface area contributed by atoms with E-state index >= 15 is 0 Å². The molecule has 0 aliphatic heterocycles. The smallest absolute Gasteiger partial charge is 0.00740 e. The molecule has 2 nitrogen and oxygen atoms in total. The maximum absolute atomic E-state index is 5.89. The van der Waals surface area contributed by atoms with Crippen LogP contribution in [0.3, 0.4) is 0 Å². The van der Waals surface area contributed by atoms with Crippen LogP contribution < -0.4 is 5.73 Å². The highest BCUT2D eigenvalue weighted by atomic mass is 15.1. The largest absolute Gasteiger partial charge is 0.327 e. The van der Waals surface area contributed by atoms with Crippen LogP contribution in [0.4, 0.5) is 0 Å². The van der Waals surface area contributed by atoms with E-state index in [0.717, 1.165) is 19.5 Å².